The molecule has 0 spiro atoms. The first-order valence-corrected chi connectivity index (χ1v) is 8.73. The van der Waals surface area contributed by atoms with Crippen LogP contribution in [-0.4, -0.2) is 56.2 Å². The van der Waals surface area contributed by atoms with Crippen LogP contribution in [0.25, 0.3) is 5.95 Å². The van der Waals surface area contributed by atoms with Crippen LogP contribution in [0, 0.1) is 20.8 Å². The molecular formula is C18H28N6O. The fourth-order valence-corrected chi connectivity index (χ4v) is 2.78. The molecule has 0 aliphatic carbocycles. The molecule has 0 atom stereocenters. The lowest BCUT2D eigenvalue weighted by atomic mass is 10.2. The quantitative estimate of drug-likeness (QED) is 0.832. The van der Waals surface area contributed by atoms with E-state index in [-0.39, 0.29) is 5.91 Å². The van der Waals surface area contributed by atoms with Crippen LogP contribution in [0.4, 0.5) is 0 Å². The number of carbonyl (C=O) groups excluding carboxylic acids is 1. The van der Waals surface area contributed by atoms with E-state index in [0.29, 0.717) is 29.8 Å². The van der Waals surface area contributed by atoms with Gasteiger partial charge in [0.1, 0.15) is 0 Å². The van der Waals surface area contributed by atoms with Gasteiger partial charge in [0.15, 0.2) is 0 Å². The molecule has 0 saturated carbocycles. The molecule has 2 rings (SSSR count). The van der Waals surface area contributed by atoms with Gasteiger partial charge in [-0.3, -0.25) is 9.69 Å². The lowest BCUT2D eigenvalue weighted by Gasteiger charge is -2.24. The van der Waals surface area contributed by atoms with Gasteiger partial charge < -0.3 is 5.32 Å². The number of hydrogen-bond donors (Lipinski definition) is 1. The Morgan fingerprint density at radius 3 is 2.44 bits per heavy atom. The SMILES string of the molecule is CCN(CCNC(=O)c1cn(-c2nc(C)cc(C)n2)nc1C)C(C)C. The summed E-state index contributed by atoms with van der Waals surface area (Å²) in [6.07, 6.45) is 1.69. The van der Waals surface area contributed by atoms with Gasteiger partial charge in [0, 0.05) is 36.7 Å². The van der Waals surface area contributed by atoms with Gasteiger partial charge in [-0.25, -0.2) is 14.6 Å². The first kappa shape index (κ1) is 19.1. The summed E-state index contributed by atoms with van der Waals surface area (Å²) < 4.78 is 1.57. The predicted molar refractivity (Wildman–Crippen MR) is 98.1 cm³/mol. The summed E-state index contributed by atoms with van der Waals surface area (Å²) in [5.74, 6) is 0.365. The molecule has 25 heavy (non-hydrogen) atoms. The van der Waals surface area contributed by atoms with Crippen molar-refractivity contribution >= 4 is 5.91 Å². The van der Waals surface area contributed by atoms with Crippen molar-refractivity contribution in [2.45, 2.75) is 47.6 Å². The maximum Gasteiger partial charge on any atom is 0.254 e. The molecule has 0 saturated heterocycles. The largest absolute Gasteiger partial charge is 0.351 e. The Balaban J connectivity index is 2.07. The minimum absolute atomic E-state index is 0.118. The van der Waals surface area contributed by atoms with Crippen molar-refractivity contribution in [1.29, 1.82) is 0 Å². The van der Waals surface area contributed by atoms with Gasteiger partial charge in [-0.2, -0.15) is 5.10 Å². The molecule has 0 aliphatic heterocycles. The predicted octanol–water partition coefficient (Wildman–Crippen LogP) is 2.05. The molecule has 0 unspecified atom stereocenters. The maximum atomic E-state index is 12.5. The van der Waals surface area contributed by atoms with Crippen LogP contribution in [0.5, 0.6) is 0 Å². The Labute approximate surface area is 149 Å². The second kappa shape index (κ2) is 8.20. The highest BCUT2D eigenvalue weighted by atomic mass is 16.1. The molecule has 7 heteroatoms. The van der Waals surface area contributed by atoms with E-state index < -0.39 is 0 Å². The van der Waals surface area contributed by atoms with Gasteiger partial charge in [0.25, 0.3) is 11.9 Å². The number of carbonyl (C=O) groups is 1. The Morgan fingerprint density at radius 1 is 1.24 bits per heavy atom. The standard InChI is InChI=1S/C18H28N6O/c1-7-23(12(2)3)9-8-19-17(25)16-11-24(22-15(16)6)18-20-13(4)10-14(5)21-18/h10-12H,7-9H2,1-6H3,(H,19,25). The molecule has 1 amide bonds. The van der Waals surface area contributed by atoms with E-state index in [4.69, 9.17) is 0 Å². The topological polar surface area (TPSA) is 75.9 Å². The van der Waals surface area contributed by atoms with Gasteiger partial charge in [-0.05, 0) is 47.2 Å². The molecule has 136 valence electrons. The smallest absolute Gasteiger partial charge is 0.254 e. The molecular weight excluding hydrogens is 316 g/mol. The van der Waals surface area contributed by atoms with E-state index in [1.807, 2.05) is 26.8 Å². The van der Waals surface area contributed by atoms with E-state index in [9.17, 15) is 4.79 Å². The van der Waals surface area contributed by atoms with E-state index >= 15 is 0 Å². The van der Waals surface area contributed by atoms with E-state index in [1.54, 1.807) is 10.9 Å². The maximum absolute atomic E-state index is 12.5. The molecule has 0 bridgehead atoms. The lowest BCUT2D eigenvalue weighted by Crippen LogP contribution is -2.38. The minimum atomic E-state index is -0.118. The zero-order valence-corrected chi connectivity index (χ0v) is 16.0. The Morgan fingerprint density at radius 2 is 1.88 bits per heavy atom. The first-order chi connectivity index (χ1) is 11.8. The van der Waals surface area contributed by atoms with Crippen molar-refractivity contribution in [3.63, 3.8) is 0 Å². The first-order valence-electron chi connectivity index (χ1n) is 8.73. The lowest BCUT2D eigenvalue weighted by molar-refractivity contribution is 0.0945. The third-order valence-electron chi connectivity index (χ3n) is 4.14. The Bertz CT molecular complexity index is 717. The van der Waals surface area contributed by atoms with Crippen molar-refractivity contribution in [1.82, 2.24) is 30.0 Å². The summed E-state index contributed by atoms with van der Waals surface area (Å²) in [7, 11) is 0. The third kappa shape index (κ3) is 4.85. The van der Waals surface area contributed by atoms with Crippen molar-refractivity contribution in [3.8, 4) is 5.95 Å². The molecule has 1 N–H and O–H groups in total. The van der Waals surface area contributed by atoms with Crippen LogP contribution in [0.2, 0.25) is 0 Å². The number of aryl methyl sites for hydroxylation is 3. The van der Waals surface area contributed by atoms with Crippen LogP contribution in [0.3, 0.4) is 0 Å². The van der Waals surface area contributed by atoms with Crippen molar-refractivity contribution in [3.05, 3.63) is 34.9 Å². The van der Waals surface area contributed by atoms with Crippen LogP contribution < -0.4 is 5.32 Å². The van der Waals surface area contributed by atoms with Gasteiger partial charge in [-0.15, -0.1) is 0 Å². The highest BCUT2D eigenvalue weighted by molar-refractivity contribution is 5.95. The molecule has 2 heterocycles. The van der Waals surface area contributed by atoms with Crippen molar-refractivity contribution in [2.24, 2.45) is 0 Å². The van der Waals surface area contributed by atoms with Crippen molar-refractivity contribution < 1.29 is 4.79 Å². The average Bonchev–Trinajstić information content (AvgIpc) is 2.92. The molecule has 2 aromatic heterocycles. The number of likely N-dealkylation sites (N-methyl/N-ethyl adjacent to an activating group) is 1. The summed E-state index contributed by atoms with van der Waals surface area (Å²) in [4.78, 5) is 23.5. The van der Waals surface area contributed by atoms with Gasteiger partial charge in [-0.1, -0.05) is 6.92 Å². The molecule has 0 aliphatic rings. The number of aromatic nitrogens is 4. The third-order valence-corrected chi connectivity index (χ3v) is 4.14. The summed E-state index contributed by atoms with van der Waals surface area (Å²) in [6, 6.07) is 2.37. The molecule has 7 nitrogen and oxygen atoms in total. The Kier molecular flexibility index (Phi) is 6.25. The van der Waals surface area contributed by atoms with Gasteiger partial charge in [0.05, 0.1) is 11.3 Å². The molecule has 0 aromatic carbocycles. The minimum Gasteiger partial charge on any atom is -0.351 e. The molecule has 0 fully saturated rings. The average molecular weight is 344 g/mol. The molecule has 0 radical (unpaired) electrons. The van der Waals surface area contributed by atoms with Crippen LogP contribution >= 0.6 is 0 Å². The van der Waals surface area contributed by atoms with Crippen molar-refractivity contribution in [2.75, 3.05) is 19.6 Å². The number of nitrogens with zero attached hydrogens (tertiary/aromatic N) is 5. The van der Waals surface area contributed by atoms with Crippen LogP contribution in [0.1, 0.15) is 48.2 Å². The number of hydrogen-bond acceptors (Lipinski definition) is 5. The van der Waals surface area contributed by atoms with Crippen LogP contribution in [0.15, 0.2) is 12.3 Å². The van der Waals surface area contributed by atoms with Gasteiger partial charge >= 0.3 is 0 Å². The summed E-state index contributed by atoms with van der Waals surface area (Å²) in [6.45, 7) is 14.5. The fourth-order valence-electron chi connectivity index (χ4n) is 2.78. The Hall–Kier alpha value is -2.28. The normalized spacial score (nSPS) is 11.4. The van der Waals surface area contributed by atoms with Crippen LogP contribution in [-0.2, 0) is 0 Å². The second-order valence-electron chi connectivity index (χ2n) is 6.50. The highest BCUT2D eigenvalue weighted by Crippen LogP contribution is 2.10. The zero-order chi connectivity index (χ0) is 18.6. The summed E-state index contributed by atoms with van der Waals surface area (Å²) in [5, 5.41) is 7.36. The molecule has 2 aromatic rings. The summed E-state index contributed by atoms with van der Waals surface area (Å²) >= 11 is 0. The number of nitrogens with one attached hydrogen (secondary N) is 1. The van der Waals surface area contributed by atoms with Gasteiger partial charge in [0.2, 0.25) is 0 Å². The number of rotatable bonds is 7. The fraction of sp³-hybridized carbons (Fsp3) is 0.556. The zero-order valence-electron chi connectivity index (χ0n) is 16.0. The van der Waals surface area contributed by atoms with E-state index in [0.717, 1.165) is 24.5 Å². The highest BCUT2D eigenvalue weighted by Gasteiger charge is 2.16. The van der Waals surface area contributed by atoms with E-state index in [2.05, 4.69) is 46.1 Å². The second-order valence-corrected chi connectivity index (χ2v) is 6.50. The monoisotopic (exact) mass is 344 g/mol. The summed E-state index contributed by atoms with van der Waals surface area (Å²) in [5.41, 5.74) is 2.96. The number of amides is 1. The van der Waals surface area contributed by atoms with E-state index in [1.165, 1.54) is 0 Å².